The topological polar surface area (TPSA) is 116 Å². The maximum absolute atomic E-state index is 13.3. The number of hydrogen-bond donors (Lipinski definition) is 1. The molecular weight excluding hydrogens is 510 g/mol. The molecule has 0 aliphatic carbocycles. The van der Waals surface area contributed by atoms with Crippen LogP contribution in [0.15, 0.2) is 52.3 Å². The van der Waals surface area contributed by atoms with Crippen LogP contribution in [-0.2, 0) is 28.2 Å². The number of carbonyl (C=O) groups excluding carboxylic acids is 1. The minimum Gasteiger partial charge on any atom is -0.490 e. The minimum absolute atomic E-state index is 0.0159. The number of hydrogen-bond acceptors (Lipinski definition) is 7. The van der Waals surface area contributed by atoms with Gasteiger partial charge in [0.05, 0.1) is 36.8 Å². The van der Waals surface area contributed by atoms with Crippen molar-refractivity contribution >= 4 is 26.8 Å². The molecule has 0 bridgehead atoms. The lowest BCUT2D eigenvalue weighted by Gasteiger charge is -2.26. The number of rotatable bonds is 10. The maximum Gasteiger partial charge on any atom is 0.256 e. The van der Waals surface area contributed by atoms with Crippen LogP contribution in [0.5, 0.6) is 11.5 Å². The van der Waals surface area contributed by atoms with Crippen LogP contribution < -0.4 is 20.2 Å². The van der Waals surface area contributed by atoms with E-state index in [2.05, 4.69) is 5.32 Å². The van der Waals surface area contributed by atoms with E-state index in [0.717, 1.165) is 5.56 Å². The number of carbonyl (C=O) groups is 1. The molecule has 10 nitrogen and oxygen atoms in total. The number of sulfonamides is 1. The van der Waals surface area contributed by atoms with Gasteiger partial charge in [-0.25, -0.2) is 8.42 Å². The molecule has 1 aliphatic rings. The molecule has 2 heterocycles. The average Bonchev–Trinajstić information content (AvgIpc) is 2.92. The van der Waals surface area contributed by atoms with Gasteiger partial charge in [-0.2, -0.15) is 4.31 Å². The van der Waals surface area contributed by atoms with Crippen molar-refractivity contribution in [2.45, 2.75) is 25.2 Å². The van der Waals surface area contributed by atoms with Gasteiger partial charge in [-0.1, -0.05) is 6.07 Å². The van der Waals surface area contributed by atoms with E-state index in [0.29, 0.717) is 56.4 Å². The second-order valence-electron chi connectivity index (χ2n) is 8.83. The highest BCUT2D eigenvalue weighted by Crippen LogP contribution is 2.28. The monoisotopic (exact) mass is 543 g/mol. The van der Waals surface area contributed by atoms with Gasteiger partial charge in [0, 0.05) is 38.3 Å². The Balaban J connectivity index is 1.53. The van der Waals surface area contributed by atoms with Crippen LogP contribution in [0.4, 0.5) is 0 Å². The van der Waals surface area contributed by atoms with E-state index < -0.39 is 21.4 Å². The fraction of sp³-hybridized carbons (Fsp3) is 0.407. The highest BCUT2D eigenvalue weighted by Gasteiger charge is 2.27. The molecule has 1 saturated heterocycles. The molecule has 11 heteroatoms. The van der Waals surface area contributed by atoms with Gasteiger partial charge in [-0.05, 0) is 56.2 Å². The quantitative estimate of drug-likeness (QED) is 0.417. The van der Waals surface area contributed by atoms with Crippen LogP contribution >= 0.6 is 0 Å². The minimum atomic E-state index is -3.79. The van der Waals surface area contributed by atoms with Crippen LogP contribution in [0.2, 0.25) is 0 Å². The lowest BCUT2D eigenvalue weighted by molar-refractivity contribution is 0.0730. The summed E-state index contributed by atoms with van der Waals surface area (Å²) in [5.74, 6) is 0.783. The molecule has 1 amide bonds. The summed E-state index contributed by atoms with van der Waals surface area (Å²) in [5.41, 5.74) is 0.906. The molecule has 1 fully saturated rings. The summed E-state index contributed by atoms with van der Waals surface area (Å²) >= 11 is 0. The van der Waals surface area contributed by atoms with Gasteiger partial charge in [0.15, 0.2) is 11.5 Å². The maximum atomic E-state index is 13.3. The molecule has 0 radical (unpaired) electrons. The van der Waals surface area contributed by atoms with Crippen molar-refractivity contribution in [2.75, 3.05) is 46.1 Å². The molecule has 0 atom stereocenters. The number of nitrogens with zero attached hydrogens (tertiary/aromatic N) is 2. The Kier molecular flexibility index (Phi) is 8.70. The van der Waals surface area contributed by atoms with E-state index >= 15 is 0 Å². The van der Waals surface area contributed by atoms with Crippen LogP contribution in [0, 0.1) is 0 Å². The molecule has 1 N–H and O–H groups in total. The van der Waals surface area contributed by atoms with Gasteiger partial charge in [0.25, 0.3) is 5.91 Å². The van der Waals surface area contributed by atoms with Gasteiger partial charge >= 0.3 is 0 Å². The first-order valence-corrected chi connectivity index (χ1v) is 14.1. The van der Waals surface area contributed by atoms with Crippen molar-refractivity contribution < 1.29 is 27.4 Å². The smallest absolute Gasteiger partial charge is 0.256 e. The molecule has 0 spiro atoms. The fourth-order valence-corrected chi connectivity index (χ4v) is 5.83. The van der Waals surface area contributed by atoms with Gasteiger partial charge in [0.1, 0.15) is 5.56 Å². The Labute approximate surface area is 222 Å². The SMILES string of the molecule is CCOc1ccc(CCNC(=O)c2cn(C)c3ccc(S(=O)(=O)N4CCOCC4)cc3c2=O)cc1OCC. The van der Waals surface area contributed by atoms with Crippen molar-refractivity contribution in [3.63, 3.8) is 0 Å². The highest BCUT2D eigenvalue weighted by molar-refractivity contribution is 7.89. The van der Waals surface area contributed by atoms with E-state index in [1.807, 2.05) is 32.0 Å². The zero-order chi connectivity index (χ0) is 27.3. The summed E-state index contributed by atoms with van der Waals surface area (Å²) in [7, 11) is -2.08. The van der Waals surface area contributed by atoms with Crippen molar-refractivity contribution in [2.24, 2.45) is 7.05 Å². The van der Waals surface area contributed by atoms with Crippen molar-refractivity contribution in [1.82, 2.24) is 14.2 Å². The molecule has 1 aliphatic heterocycles. The first-order valence-electron chi connectivity index (χ1n) is 12.6. The fourth-order valence-electron chi connectivity index (χ4n) is 4.40. The standard InChI is InChI=1S/C27H33N3O7S/c1-4-36-24-9-6-19(16-25(24)37-5-2)10-11-28-27(32)22-18-29(3)23-8-7-20(17-21(23)26(22)31)38(33,34)30-12-14-35-15-13-30/h6-9,16-18H,4-5,10-15H2,1-3H3,(H,28,32). The lowest BCUT2D eigenvalue weighted by Crippen LogP contribution is -2.40. The molecular formula is C27H33N3O7S. The van der Waals surface area contributed by atoms with E-state index in [-0.39, 0.29) is 28.9 Å². The Bertz CT molecular complexity index is 1480. The molecule has 3 aromatic rings. The second-order valence-corrected chi connectivity index (χ2v) is 10.8. The van der Waals surface area contributed by atoms with Crippen molar-refractivity contribution in [3.8, 4) is 11.5 Å². The van der Waals surface area contributed by atoms with Gasteiger partial charge < -0.3 is 24.1 Å². The highest BCUT2D eigenvalue weighted by atomic mass is 32.2. The third kappa shape index (κ3) is 5.85. The summed E-state index contributed by atoms with van der Waals surface area (Å²) in [6, 6.07) is 10.1. The number of morpholine rings is 1. The molecule has 0 saturated carbocycles. The number of benzene rings is 2. The molecule has 4 rings (SSSR count). The largest absolute Gasteiger partial charge is 0.490 e. The predicted molar refractivity (Wildman–Crippen MR) is 144 cm³/mol. The molecule has 0 unspecified atom stereocenters. The van der Waals surface area contributed by atoms with Gasteiger partial charge in [-0.3, -0.25) is 9.59 Å². The summed E-state index contributed by atoms with van der Waals surface area (Å²) in [4.78, 5) is 26.3. The zero-order valence-corrected chi connectivity index (χ0v) is 22.7. The Morgan fingerprint density at radius 1 is 1.03 bits per heavy atom. The average molecular weight is 544 g/mol. The van der Waals surface area contributed by atoms with Crippen LogP contribution in [-0.4, -0.2) is 69.3 Å². The first-order chi connectivity index (χ1) is 18.3. The number of aryl methyl sites for hydroxylation is 1. The van der Waals surface area contributed by atoms with Crippen LogP contribution in [0.1, 0.15) is 29.8 Å². The number of nitrogens with one attached hydrogen (secondary N) is 1. The molecule has 1 aromatic heterocycles. The summed E-state index contributed by atoms with van der Waals surface area (Å²) in [6.45, 7) is 6.27. The molecule has 204 valence electrons. The van der Waals surface area contributed by atoms with E-state index in [9.17, 15) is 18.0 Å². The number of pyridine rings is 1. The predicted octanol–water partition coefficient (Wildman–Crippen LogP) is 2.33. The normalized spacial score (nSPS) is 14.4. The number of amides is 1. The Morgan fingerprint density at radius 2 is 1.74 bits per heavy atom. The van der Waals surface area contributed by atoms with Gasteiger partial charge in [-0.15, -0.1) is 0 Å². The van der Waals surface area contributed by atoms with E-state index in [1.54, 1.807) is 17.7 Å². The van der Waals surface area contributed by atoms with E-state index in [1.165, 1.54) is 22.6 Å². The van der Waals surface area contributed by atoms with Crippen molar-refractivity contribution in [3.05, 3.63) is 63.9 Å². The summed E-state index contributed by atoms with van der Waals surface area (Å²) in [6.07, 6.45) is 1.99. The molecule has 2 aromatic carbocycles. The third-order valence-electron chi connectivity index (χ3n) is 6.32. The van der Waals surface area contributed by atoms with Crippen molar-refractivity contribution in [1.29, 1.82) is 0 Å². The molecule has 38 heavy (non-hydrogen) atoms. The number of fused-ring (bicyclic) bond motifs is 1. The number of aromatic nitrogens is 1. The lowest BCUT2D eigenvalue weighted by atomic mass is 10.1. The summed E-state index contributed by atoms with van der Waals surface area (Å²) in [5, 5.41) is 2.97. The number of ether oxygens (including phenoxy) is 3. The van der Waals surface area contributed by atoms with Crippen LogP contribution in [0.3, 0.4) is 0 Å². The van der Waals surface area contributed by atoms with Gasteiger partial charge in [0.2, 0.25) is 15.5 Å². The third-order valence-corrected chi connectivity index (χ3v) is 8.21. The first kappa shape index (κ1) is 27.6. The zero-order valence-electron chi connectivity index (χ0n) is 21.9. The Morgan fingerprint density at radius 3 is 2.45 bits per heavy atom. The van der Waals surface area contributed by atoms with Crippen LogP contribution in [0.25, 0.3) is 10.9 Å². The Hall–Kier alpha value is -3.41. The summed E-state index contributed by atoms with van der Waals surface area (Å²) < 4.78 is 45.7. The second kappa shape index (κ2) is 12.0. The van der Waals surface area contributed by atoms with E-state index in [4.69, 9.17) is 14.2 Å².